The van der Waals surface area contributed by atoms with E-state index >= 15 is 0 Å². The molecule has 1 N–H and O–H groups in total. The predicted octanol–water partition coefficient (Wildman–Crippen LogP) is 3.94. The highest BCUT2D eigenvalue weighted by atomic mass is 16.2. The largest absolute Gasteiger partial charge is 0.355 e. The Balaban J connectivity index is 1.28. The highest BCUT2D eigenvalue weighted by Gasteiger charge is 2.24. The molecule has 1 aromatic carbocycles. The van der Waals surface area contributed by atoms with Crippen LogP contribution >= 0.6 is 0 Å². The first-order chi connectivity index (χ1) is 14.3. The molecule has 1 saturated heterocycles. The number of carbonyl (C=O) groups excluding carboxylic acids is 1. The number of anilines is 2. The lowest BCUT2D eigenvalue weighted by Gasteiger charge is -2.29. The van der Waals surface area contributed by atoms with Crippen molar-refractivity contribution in [1.82, 2.24) is 15.1 Å². The second-order valence-electron chi connectivity index (χ2n) is 8.51. The topological polar surface area (TPSA) is 61.4 Å². The number of aromatic nitrogens is 2. The second kappa shape index (κ2) is 8.01. The van der Waals surface area contributed by atoms with Crippen molar-refractivity contribution < 1.29 is 4.79 Å². The van der Waals surface area contributed by atoms with E-state index in [2.05, 4.69) is 44.7 Å². The van der Waals surface area contributed by atoms with Gasteiger partial charge in [0, 0.05) is 38.3 Å². The van der Waals surface area contributed by atoms with E-state index in [-0.39, 0.29) is 6.03 Å². The zero-order chi connectivity index (χ0) is 19.6. The number of amides is 2. The molecule has 1 aromatic heterocycles. The van der Waals surface area contributed by atoms with Crippen molar-refractivity contribution in [3.8, 4) is 0 Å². The van der Waals surface area contributed by atoms with E-state index in [0.717, 1.165) is 55.1 Å². The fourth-order valence-corrected chi connectivity index (χ4v) is 4.78. The molecule has 0 spiro atoms. The standard InChI is InChI=1S/C23H29N5O/c29-23(24-20-9-8-17-6-2-1-3-7-18(17)14-20)28-13-10-21-19(16-28)15-22(26-25-21)27-11-4-5-12-27/h8-9,14-15H,1-7,10-13,16H2,(H,24,29). The van der Waals surface area contributed by atoms with Crippen LogP contribution in [-0.2, 0) is 25.8 Å². The number of hydrogen-bond acceptors (Lipinski definition) is 4. The van der Waals surface area contributed by atoms with Crippen molar-refractivity contribution in [3.63, 3.8) is 0 Å². The zero-order valence-corrected chi connectivity index (χ0v) is 17.0. The minimum atomic E-state index is -0.0243. The number of nitrogens with zero attached hydrogens (tertiary/aromatic N) is 4. The van der Waals surface area contributed by atoms with Crippen LogP contribution in [0.25, 0.3) is 0 Å². The average Bonchev–Trinajstić information content (AvgIpc) is 3.19. The lowest BCUT2D eigenvalue weighted by molar-refractivity contribution is 0.205. The fraction of sp³-hybridized carbons (Fsp3) is 0.522. The van der Waals surface area contributed by atoms with Crippen LogP contribution in [-0.4, -0.2) is 40.8 Å². The first-order valence-corrected chi connectivity index (χ1v) is 11.0. The summed E-state index contributed by atoms with van der Waals surface area (Å²) in [5, 5.41) is 12.0. The molecule has 2 amide bonds. The number of rotatable bonds is 2. The van der Waals surface area contributed by atoms with Gasteiger partial charge in [-0.2, -0.15) is 5.10 Å². The quantitative estimate of drug-likeness (QED) is 0.788. The molecular formula is C23H29N5O. The van der Waals surface area contributed by atoms with Crippen molar-refractivity contribution in [2.45, 2.75) is 57.9 Å². The van der Waals surface area contributed by atoms with Crippen LogP contribution < -0.4 is 10.2 Å². The van der Waals surface area contributed by atoms with E-state index in [9.17, 15) is 4.79 Å². The number of hydrogen-bond donors (Lipinski definition) is 1. The van der Waals surface area contributed by atoms with Gasteiger partial charge < -0.3 is 15.1 Å². The van der Waals surface area contributed by atoms with Crippen LogP contribution in [0.1, 0.15) is 54.5 Å². The Hall–Kier alpha value is -2.63. The first-order valence-electron chi connectivity index (χ1n) is 11.0. The van der Waals surface area contributed by atoms with Gasteiger partial charge in [0.25, 0.3) is 0 Å². The van der Waals surface area contributed by atoms with Crippen LogP contribution in [0.4, 0.5) is 16.3 Å². The number of aryl methyl sites for hydroxylation is 2. The van der Waals surface area contributed by atoms with Gasteiger partial charge in [0.2, 0.25) is 0 Å². The van der Waals surface area contributed by atoms with Gasteiger partial charge in [-0.1, -0.05) is 12.5 Å². The minimum Gasteiger partial charge on any atom is -0.355 e. The molecule has 0 saturated carbocycles. The molecule has 5 rings (SSSR count). The lowest BCUT2D eigenvalue weighted by atomic mass is 10.0. The molecule has 3 aliphatic rings. The van der Waals surface area contributed by atoms with Crippen molar-refractivity contribution in [3.05, 3.63) is 46.6 Å². The van der Waals surface area contributed by atoms with Crippen LogP contribution in [0.3, 0.4) is 0 Å². The smallest absolute Gasteiger partial charge is 0.322 e. The van der Waals surface area contributed by atoms with Gasteiger partial charge in [-0.3, -0.25) is 0 Å². The molecule has 152 valence electrons. The Morgan fingerprint density at radius 3 is 2.52 bits per heavy atom. The predicted molar refractivity (Wildman–Crippen MR) is 114 cm³/mol. The van der Waals surface area contributed by atoms with Gasteiger partial charge in [0.15, 0.2) is 5.82 Å². The highest BCUT2D eigenvalue weighted by Crippen LogP contribution is 2.26. The van der Waals surface area contributed by atoms with E-state index < -0.39 is 0 Å². The summed E-state index contributed by atoms with van der Waals surface area (Å²) in [6.45, 7) is 3.38. The Kier molecular flexibility index (Phi) is 5.08. The number of urea groups is 1. The van der Waals surface area contributed by atoms with Gasteiger partial charge in [-0.15, -0.1) is 5.10 Å². The fourth-order valence-electron chi connectivity index (χ4n) is 4.78. The molecule has 2 aromatic rings. The van der Waals surface area contributed by atoms with Crippen LogP contribution in [0.15, 0.2) is 24.3 Å². The summed E-state index contributed by atoms with van der Waals surface area (Å²) in [6.07, 6.45) is 9.29. The molecular weight excluding hydrogens is 362 g/mol. The molecule has 0 radical (unpaired) electrons. The molecule has 0 atom stereocenters. The van der Waals surface area contributed by atoms with Crippen LogP contribution in [0, 0.1) is 0 Å². The number of carbonyl (C=O) groups is 1. The Bertz CT molecular complexity index is 906. The molecule has 1 aliphatic carbocycles. The van der Waals surface area contributed by atoms with E-state index in [4.69, 9.17) is 0 Å². The molecule has 6 heteroatoms. The number of nitrogens with one attached hydrogen (secondary N) is 1. The van der Waals surface area contributed by atoms with E-state index in [1.54, 1.807) is 0 Å². The van der Waals surface area contributed by atoms with Crippen LogP contribution in [0.5, 0.6) is 0 Å². The maximum Gasteiger partial charge on any atom is 0.322 e. The van der Waals surface area contributed by atoms with Crippen molar-refractivity contribution in [2.24, 2.45) is 0 Å². The SMILES string of the molecule is O=C(Nc1ccc2c(c1)CCCCC2)N1CCc2nnc(N3CCCC3)cc2C1. The number of fused-ring (bicyclic) bond motifs is 2. The monoisotopic (exact) mass is 391 g/mol. The van der Waals surface area contributed by atoms with Gasteiger partial charge in [0.05, 0.1) is 5.69 Å². The zero-order valence-electron chi connectivity index (χ0n) is 17.0. The van der Waals surface area contributed by atoms with Crippen LogP contribution in [0.2, 0.25) is 0 Å². The molecule has 1 fully saturated rings. The molecule has 6 nitrogen and oxygen atoms in total. The summed E-state index contributed by atoms with van der Waals surface area (Å²) < 4.78 is 0. The molecule has 2 aliphatic heterocycles. The van der Waals surface area contributed by atoms with E-state index in [1.165, 1.54) is 43.2 Å². The molecule has 0 bridgehead atoms. The summed E-state index contributed by atoms with van der Waals surface area (Å²) in [5.74, 6) is 0.953. The third-order valence-electron chi connectivity index (χ3n) is 6.49. The van der Waals surface area contributed by atoms with Gasteiger partial charge >= 0.3 is 6.03 Å². The number of benzene rings is 1. The summed E-state index contributed by atoms with van der Waals surface area (Å²) in [5.41, 5.74) is 5.91. The van der Waals surface area contributed by atoms with E-state index in [1.807, 2.05) is 4.90 Å². The Morgan fingerprint density at radius 1 is 0.828 bits per heavy atom. The second-order valence-corrected chi connectivity index (χ2v) is 8.51. The Labute approximate surface area is 172 Å². The summed E-state index contributed by atoms with van der Waals surface area (Å²) in [4.78, 5) is 17.1. The van der Waals surface area contributed by atoms with E-state index in [0.29, 0.717) is 13.1 Å². The van der Waals surface area contributed by atoms with Gasteiger partial charge in [0.1, 0.15) is 0 Å². The van der Waals surface area contributed by atoms with Crippen molar-refractivity contribution in [1.29, 1.82) is 0 Å². The molecule has 0 unspecified atom stereocenters. The molecule has 29 heavy (non-hydrogen) atoms. The highest BCUT2D eigenvalue weighted by molar-refractivity contribution is 5.89. The maximum atomic E-state index is 12.9. The van der Waals surface area contributed by atoms with Crippen molar-refractivity contribution >= 4 is 17.5 Å². The minimum absolute atomic E-state index is 0.0243. The summed E-state index contributed by atoms with van der Waals surface area (Å²) >= 11 is 0. The van der Waals surface area contributed by atoms with Gasteiger partial charge in [-0.05, 0) is 73.4 Å². The Morgan fingerprint density at radius 2 is 1.66 bits per heavy atom. The normalized spacial score (nSPS) is 18.8. The van der Waals surface area contributed by atoms with Crippen molar-refractivity contribution in [2.75, 3.05) is 29.9 Å². The lowest BCUT2D eigenvalue weighted by Crippen LogP contribution is -2.39. The first kappa shape index (κ1) is 18.4. The maximum absolute atomic E-state index is 12.9. The summed E-state index contributed by atoms with van der Waals surface area (Å²) in [6, 6.07) is 8.53. The third kappa shape index (κ3) is 3.93. The third-order valence-corrected chi connectivity index (χ3v) is 6.49. The molecule has 3 heterocycles. The summed E-state index contributed by atoms with van der Waals surface area (Å²) in [7, 11) is 0. The average molecular weight is 392 g/mol. The van der Waals surface area contributed by atoms with Gasteiger partial charge in [-0.25, -0.2) is 4.79 Å².